The summed E-state index contributed by atoms with van der Waals surface area (Å²) >= 11 is 3.36. The third-order valence-electron chi connectivity index (χ3n) is 4.11. The van der Waals surface area contributed by atoms with Gasteiger partial charge in [-0.15, -0.1) is 0 Å². The lowest BCUT2D eigenvalue weighted by Crippen LogP contribution is -2.39. The molecule has 0 N–H and O–H groups in total. The standard InChI is InChI=1S/C15H22BrN3O2/c1-3-13-11-17(2)7-4-8-18(13)14-5-6-15(19(20)21)12(9-14)10-16/h5-6,9,13H,3-4,7-8,10-11H2,1-2H3. The third kappa shape index (κ3) is 3.74. The first-order valence-corrected chi connectivity index (χ1v) is 8.47. The van der Waals surface area contributed by atoms with Crippen molar-refractivity contribution in [2.75, 3.05) is 31.6 Å². The molecule has 1 aliphatic rings. The van der Waals surface area contributed by atoms with Crippen LogP contribution in [0.1, 0.15) is 25.3 Å². The molecule has 0 spiro atoms. The van der Waals surface area contributed by atoms with E-state index < -0.39 is 0 Å². The quantitative estimate of drug-likeness (QED) is 0.471. The van der Waals surface area contributed by atoms with Crippen molar-refractivity contribution in [3.63, 3.8) is 0 Å². The molecule has 1 aliphatic heterocycles. The molecule has 2 rings (SSSR count). The Labute approximate surface area is 134 Å². The lowest BCUT2D eigenvalue weighted by Gasteiger charge is -2.32. The number of rotatable bonds is 4. The molecule has 1 aromatic carbocycles. The van der Waals surface area contributed by atoms with Crippen LogP contribution in [0.25, 0.3) is 0 Å². The van der Waals surface area contributed by atoms with Crippen molar-refractivity contribution in [3.05, 3.63) is 33.9 Å². The second-order valence-corrected chi connectivity index (χ2v) is 6.14. The van der Waals surface area contributed by atoms with Crippen LogP contribution in [0.4, 0.5) is 11.4 Å². The molecule has 116 valence electrons. The number of anilines is 1. The number of halogens is 1. The Kier molecular flexibility index (Phi) is 5.58. The zero-order valence-corrected chi connectivity index (χ0v) is 14.2. The highest BCUT2D eigenvalue weighted by atomic mass is 79.9. The molecular formula is C15H22BrN3O2. The molecule has 1 aromatic rings. The predicted molar refractivity (Wildman–Crippen MR) is 89.3 cm³/mol. The van der Waals surface area contributed by atoms with Crippen LogP contribution in [0.2, 0.25) is 0 Å². The minimum Gasteiger partial charge on any atom is -0.367 e. The maximum Gasteiger partial charge on any atom is 0.273 e. The van der Waals surface area contributed by atoms with Gasteiger partial charge in [0.2, 0.25) is 0 Å². The summed E-state index contributed by atoms with van der Waals surface area (Å²) in [6.45, 7) is 5.35. The summed E-state index contributed by atoms with van der Waals surface area (Å²) in [5.41, 5.74) is 2.03. The van der Waals surface area contributed by atoms with Gasteiger partial charge in [0, 0.05) is 41.8 Å². The molecule has 0 bridgehead atoms. The summed E-state index contributed by atoms with van der Waals surface area (Å²) in [5.74, 6) is 0. The number of hydrogen-bond acceptors (Lipinski definition) is 4. The fraction of sp³-hybridized carbons (Fsp3) is 0.600. The Morgan fingerprint density at radius 3 is 2.81 bits per heavy atom. The normalized spacial score (nSPS) is 20.3. The van der Waals surface area contributed by atoms with Crippen LogP contribution >= 0.6 is 15.9 Å². The minimum atomic E-state index is -0.312. The van der Waals surface area contributed by atoms with E-state index in [4.69, 9.17) is 0 Å². The van der Waals surface area contributed by atoms with Crippen molar-refractivity contribution in [1.82, 2.24) is 4.90 Å². The van der Waals surface area contributed by atoms with Crippen molar-refractivity contribution in [3.8, 4) is 0 Å². The van der Waals surface area contributed by atoms with Crippen molar-refractivity contribution in [1.29, 1.82) is 0 Å². The summed E-state index contributed by atoms with van der Waals surface area (Å²) in [5, 5.41) is 11.6. The third-order valence-corrected chi connectivity index (χ3v) is 4.71. The van der Waals surface area contributed by atoms with E-state index in [9.17, 15) is 10.1 Å². The van der Waals surface area contributed by atoms with Crippen LogP contribution in [-0.4, -0.2) is 42.5 Å². The Hall–Kier alpha value is -1.14. The molecular weight excluding hydrogens is 334 g/mol. The molecule has 0 aliphatic carbocycles. The second kappa shape index (κ2) is 7.22. The second-order valence-electron chi connectivity index (χ2n) is 5.58. The zero-order chi connectivity index (χ0) is 15.4. The topological polar surface area (TPSA) is 49.6 Å². The first kappa shape index (κ1) is 16.2. The molecule has 0 aromatic heterocycles. The summed E-state index contributed by atoms with van der Waals surface area (Å²) < 4.78 is 0. The van der Waals surface area contributed by atoms with Gasteiger partial charge in [0.15, 0.2) is 0 Å². The fourth-order valence-electron chi connectivity index (χ4n) is 2.97. The number of nitro groups is 1. The van der Waals surface area contributed by atoms with Gasteiger partial charge in [-0.3, -0.25) is 10.1 Å². The zero-order valence-electron chi connectivity index (χ0n) is 12.6. The highest BCUT2D eigenvalue weighted by molar-refractivity contribution is 9.08. The molecule has 5 nitrogen and oxygen atoms in total. The smallest absolute Gasteiger partial charge is 0.273 e. The van der Waals surface area contributed by atoms with Crippen LogP contribution in [0, 0.1) is 10.1 Å². The molecule has 0 amide bonds. The minimum absolute atomic E-state index is 0.190. The first-order chi connectivity index (χ1) is 10.1. The number of likely N-dealkylation sites (N-methyl/N-ethyl adjacent to an activating group) is 1. The number of benzene rings is 1. The number of nitrogens with zero attached hydrogens (tertiary/aromatic N) is 3. The molecule has 1 unspecified atom stereocenters. The Morgan fingerprint density at radius 1 is 1.43 bits per heavy atom. The van der Waals surface area contributed by atoms with Crippen LogP contribution in [0.5, 0.6) is 0 Å². The Balaban J connectivity index is 2.32. The molecule has 1 fully saturated rings. The number of alkyl halides is 1. The van der Waals surface area contributed by atoms with Gasteiger partial charge in [-0.05, 0) is 38.6 Å². The fourth-order valence-corrected chi connectivity index (χ4v) is 3.42. The molecule has 21 heavy (non-hydrogen) atoms. The molecule has 1 saturated heterocycles. The molecule has 1 atom stereocenters. The van der Waals surface area contributed by atoms with Crippen LogP contribution in [0.3, 0.4) is 0 Å². The van der Waals surface area contributed by atoms with Crippen LogP contribution in [0.15, 0.2) is 18.2 Å². The van der Waals surface area contributed by atoms with Crippen LogP contribution in [-0.2, 0) is 5.33 Å². The van der Waals surface area contributed by atoms with E-state index in [1.807, 2.05) is 12.1 Å². The van der Waals surface area contributed by atoms with Gasteiger partial charge in [-0.25, -0.2) is 0 Å². The van der Waals surface area contributed by atoms with Crippen molar-refractivity contribution in [2.24, 2.45) is 0 Å². The van der Waals surface area contributed by atoms with Crippen molar-refractivity contribution < 1.29 is 4.92 Å². The van der Waals surface area contributed by atoms with E-state index in [0.717, 1.165) is 43.7 Å². The maximum absolute atomic E-state index is 11.1. The van der Waals surface area contributed by atoms with E-state index in [1.165, 1.54) is 0 Å². The SMILES string of the molecule is CCC1CN(C)CCCN1c1ccc([N+](=O)[O-])c(CBr)c1. The Morgan fingerprint density at radius 2 is 2.19 bits per heavy atom. The lowest BCUT2D eigenvalue weighted by molar-refractivity contribution is -0.385. The monoisotopic (exact) mass is 355 g/mol. The van der Waals surface area contributed by atoms with Gasteiger partial charge in [0.05, 0.1) is 4.92 Å². The van der Waals surface area contributed by atoms with Gasteiger partial charge in [-0.1, -0.05) is 22.9 Å². The van der Waals surface area contributed by atoms with Gasteiger partial charge in [0.1, 0.15) is 0 Å². The lowest BCUT2D eigenvalue weighted by atomic mass is 10.1. The average molecular weight is 356 g/mol. The largest absolute Gasteiger partial charge is 0.367 e. The number of nitro benzene ring substituents is 1. The van der Waals surface area contributed by atoms with E-state index >= 15 is 0 Å². The Bertz CT molecular complexity index is 510. The van der Waals surface area contributed by atoms with Gasteiger partial charge in [-0.2, -0.15) is 0 Å². The summed E-state index contributed by atoms with van der Waals surface area (Å²) in [7, 11) is 2.16. The summed E-state index contributed by atoms with van der Waals surface area (Å²) in [6, 6.07) is 5.94. The highest BCUT2D eigenvalue weighted by Crippen LogP contribution is 2.29. The van der Waals surface area contributed by atoms with Crippen LogP contribution < -0.4 is 4.90 Å². The molecule has 0 saturated carbocycles. The summed E-state index contributed by atoms with van der Waals surface area (Å²) in [4.78, 5) is 15.5. The predicted octanol–water partition coefficient (Wildman–Crippen LogP) is 3.41. The van der Waals surface area contributed by atoms with Gasteiger partial charge in [0.25, 0.3) is 5.69 Å². The van der Waals surface area contributed by atoms with E-state index in [1.54, 1.807) is 6.07 Å². The number of hydrogen-bond donors (Lipinski definition) is 0. The molecule has 0 radical (unpaired) electrons. The maximum atomic E-state index is 11.1. The average Bonchev–Trinajstić information content (AvgIpc) is 2.67. The van der Waals surface area contributed by atoms with Gasteiger partial charge < -0.3 is 9.80 Å². The summed E-state index contributed by atoms with van der Waals surface area (Å²) in [6.07, 6.45) is 2.19. The van der Waals surface area contributed by atoms with Crippen molar-refractivity contribution in [2.45, 2.75) is 31.1 Å². The molecule has 1 heterocycles. The molecule has 6 heteroatoms. The first-order valence-electron chi connectivity index (χ1n) is 7.35. The van der Waals surface area contributed by atoms with E-state index in [0.29, 0.717) is 11.4 Å². The highest BCUT2D eigenvalue weighted by Gasteiger charge is 2.24. The van der Waals surface area contributed by atoms with Gasteiger partial charge >= 0.3 is 0 Å². The van der Waals surface area contributed by atoms with E-state index in [-0.39, 0.29) is 10.6 Å². The van der Waals surface area contributed by atoms with E-state index in [2.05, 4.69) is 39.7 Å². The van der Waals surface area contributed by atoms with Crippen molar-refractivity contribution >= 4 is 27.3 Å².